The van der Waals surface area contributed by atoms with Gasteiger partial charge in [0.1, 0.15) is 6.10 Å². The molecule has 8 nitrogen and oxygen atoms in total. The van der Waals surface area contributed by atoms with Gasteiger partial charge in [0.25, 0.3) is 0 Å². The van der Waals surface area contributed by atoms with Gasteiger partial charge >= 0.3 is 17.6 Å². The molecule has 0 aliphatic rings. The minimum Gasteiger partial charge on any atom is -0.485 e. The minimum absolute atomic E-state index is 0.00110. The van der Waals surface area contributed by atoms with Crippen LogP contribution in [0.4, 0.5) is 0 Å². The van der Waals surface area contributed by atoms with E-state index in [9.17, 15) is 0 Å². The van der Waals surface area contributed by atoms with Crippen LogP contribution >= 0.6 is 24.4 Å². The summed E-state index contributed by atoms with van der Waals surface area (Å²) in [4.78, 5) is 0. The molecule has 2 unspecified atom stereocenters. The average molecular weight is 673 g/mol. The van der Waals surface area contributed by atoms with Crippen LogP contribution in [0.15, 0.2) is 0 Å². The van der Waals surface area contributed by atoms with Crippen LogP contribution in [0.25, 0.3) is 0 Å². The molecular formula is C30H64O8S2Si2. The van der Waals surface area contributed by atoms with E-state index in [0.29, 0.717) is 55.8 Å². The topological polar surface area (TPSA) is 73.8 Å². The van der Waals surface area contributed by atoms with Crippen LogP contribution in [-0.4, -0.2) is 79.6 Å². The van der Waals surface area contributed by atoms with Gasteiger partial charge in [-0.1, -0.05) is 32.6 Å². The van der Waals surface area contributed by atoms with E-state index in [-0.39, 0.29) is 12.2 Å². The van der Waals surface area contributed by atoms with Crippen molar-refractivity contribution in [2.75, 3.05) is 39.6 Å². The number of hydrogen-bond acceptors (Lipinski definition) is 10. The Morgan fingerprint density at radius 1 is 0.548 bits per heavy atom. The Morgan fingerprint density at radius 3 is 1.31 bits per heavy atom. The van der Waals surface area contributed by atoms with E-state index < -0.39 is 17.6 Å². The van der Waals surface area contributed by atoms with E-state index in [0.717, 1.165) is 25.3 Å². The number of ether oxygens (including phenoxy) is 2. The molecule has 42 heavy (non-hydrogen) atoms. The Bertz CT molecular complexity index is 627. The van der Waals surface area contributed by atoms with Gasteiger partial charge in [0.15, 0.2) is 10.1 Å². The maximum Gasteiger partial charge on any atom is 0.504 e. The van der Waals surface area contributed by atoms with Crippen LogP contribution in [0.5, 0.6) is 0 Å². The highest BCUT2D eigenvalue weighted by Crippen LogP contribution is 2.23. The molecule has 0 bridgehead atoms. The van der Waals surface area contributed by atoms with Gasteiger partial charge in [0.05, 0.1) is 12.1 Å². The zero-order valence-corrected chi connectivity index (χ0v) is 32.2. The monoisotopic (exact) mass is 672 g/mol. The molecule has 2 atom stereocenters. The van der Waals surface area contributed by atoms with Crippen LogP contribution in [0.3, 0.4) is 0 Å². The fraction of sp³-hybridized carbons (Fsp3) is 0.933. The molecule has 0 fully saturated rings. The standard InChI is InChI=1S/C18H38O4SSi.C12H26O4SSi/c1-6-19-24(20-7-2,21-8-3)16-14-12-10-9-11-13-15-17(4)22-18(5)23;1-6-12(16-11(5)17)10-18(13-7-2,14-8-3)15-9-4/h17H,6-16H2,1-5H3;12H,6-10H2,1-5H3. The van der Waals surface area contributed by atoms with Crippen LogP contribution in [0.2, 0.25) is 12.1 Å². The summed E-state index contributed by atoms with van der Waals surface area (Å²) in [6.07, 6.45) is 9.53. The molecule has 0 aromatic carbocycles. The van der Waals surface area contributed by atoms with Crippen LogP contribution in [-0.2, 0) is 36.0 Å². The third kappa shape index (κ3) is 23.4. The van der Waals surface area contributed by atoms with E-state index in [1.807, 2.05) is 48.5 Å². The molecule has 0 saturated heterocycles. The summed E-state index contributed by atoms with van der Waals surface area (Å²) in [5, 5.41) is 1.20. The van der Waals surface area contributed by atoms with Crippen molar-refractivity contribution in [3.63, 3.8) is 0 Å². The molecule has 0 heterocycles. The van der Waals surface area contributed by atoms with Crippen molar-refractivity contribution >= 4 is 52.1 Å². The Hall–Kier alpha value is -0.0262. The average Bonchev–Trinajstić information content (AvgIpc) is 2.90. The fourth-order valence-corrected chi connectivity index (χ4v) is 10.4. The second kappa shape index (κ2) is 28.4. The van der Waals surface area contributed by atoms with Gasteiger partial charge in [-0.15, -0.1) is 0 Å². The summed E-state index contributed by atoms with van der Waals surface area (Å²) in [7, 11) is -5.06. The van der Waals surface area contributed by atoms with E-state index in [1.165, 1.54) is 32.1 Å². The van der Waals surface area contributed by atoms with Crippen LogP contribution in [0.1, 0.15) is 121 Å². The predicted molar refractivity (Wildman–Crippen MR) is 185 cm³/mol. The smallest absolute Gasteiger partial charge is 0.485 e. The lowest BCUT2D eigenvalue weighted by Gasteiger charge is -2.31. The molecule has 0 saturated carbocycles. The zero-order chi connectivity index (χ0) is 32.3. The van der Waals surface area contributed by atoms with Gasteiger partial charge in [-0.05, 0) is 98.6 Å². The summed E-state index contributed by atoms with van der Waals surface area (Å²) in [6, 6.07) is 1.58. The number of hydrogen-bond donors (Lipinski definition) is 0. The first-order valence-corrected chi connectivity index (χ1v) is 20.9. The molecule has 252 valence electrons. The summed E-state index contributed by atoms with van der Waals surface area (Å²) in [5.74, 6) is 0. The van der Waals surface area contributed by atoms with Gasteiger partial charge < -0.3 is 36.0 Å². The number of thiocarbonyl (C=S) groups is 2. The zero-order valence-electron chi connectivity index (χ0n) is 28.6. The maximum absolute atomic E-state index is 5.88. The van der Waals surface area contributed by atoms with Crippen molar-refractivity contribution < 1.29 is 36.0 Å². The lowest BCUT2D eigenvalue weighted by molar-refractivity contribution is 0.0574. The molecule has 0 aliphatic carbocycles. The first-order chi connectivity index (χ1) is 20.0. The highest BCUT2D eigenvalue weighted by atomic mass is 32.1. The molecule has 0 radical (unpaired) electrons. The molecule has 0 amide bonds. The molecule has 0 N–H and O–H groups in total. The van der Waals surface area contributed by atoms with Crippen molar-refractivity contribution in [2.24, 2.45) is 0 Å². The SMILES string of the molecule is CCO[Si](CC(CC)OC(C)=S)(OCC)OCC.CCO[Si](CCCCCCCCC(C)OC(C)=S)(OCC)OCC. The van der Waals surface area contributed by atoms with Gasteiger partial charge in [-0.25, -0.2) is 0 Å². The van der Waals surface area contributed by atoms with Crippen molar-refractivity contribution in [3.05, 3.63) is 0 Å². The predicted octanol–water partition coefficient (Wildman–Crippen LogP) is 8.70. The van der Waals surface area contributed by atoms with Gasteiger partial charge in [-0.2, -0.15) is 0 Å². The second-order valence-electron chi connectivity index (χ2n) is 9.89. The van der Waals surface area contributed by atoms with E-state index in [1.54, 1.807) is 6.92 Å². The van der Waals surface area contributed by atoms with Gasteiger partial charge in [0.2, 0.25) is 0 Å². The normalized spacial score (nSPS) is 13.2. The third-order valence-electron chi connectivity index (χ3n) is 6.16. The summed E-state index contributed by atoms with van der Waals surface area (Å²) >= 11 is 9.95. The van der Waals surface area contributed by atoms with Crippen LogP contribution < -0.4 is 0 Å². The lowest BCUT2D eigenvalue weighted by atomic mass is 10.1. The third-order valence-corrected chi connectivity index (χ3v) is 12.6. The van der Waals surface area contributed by atoms with Crippen molar-refractivity contribution in [2.45, 2.75) is 145 Å². The van der Waals surface area contributed by atoms with E-state index >= 15 is 0 Å². The van der Waals surface area contributed by atoms with Gasteiger partial charge in [-0.3, -0.25) is 0 Å². The highest BCUT2D eigenvalue weighted by molar-refractivity contribution is 7.80. The summed E-state index contributed by atoms with van der Waals surface area (Å²) in [5.41, 5.74) is 0. The van der Waals surface area contributed by atoms with E-state index in [2.05, 4.69) is 13.8 Å². The maximum atomic E-state index is 5.88. The minimum atomic E-state index is -2.63. The molecule has 0 aliphatic heterocycles. The first kappa shape index (κ1) is 44.1. The number of unbranched alkanes of at least 4 members (excludes halogenated alkanes) is 5. The number of rotatable bonds is 26. The Morgan fingerprint density at radius 2 is 0.929 bits per heavy atom. The van der Waals surface area contributed by atoms with Crippen molar-refractivity contribution in [1.82, 2.24) is 0 Å². The highest BCUT2D eigenvalue weighted by Gasteiger charge is 2.43. The summed E-state index contributed by atoms with van der Waals surface area (Å²) in [6.45, 7) is 23.4. The van der Waals surface area contributed by atoms with Crippen molar-refractivity contribution in [3.8, 4) is 0 Å². The molecule has 0 spiro atoms. The molecule has 0 aromatic heterocycles. The quantitative estimate of drug-likeness (QED) is 0.0506. The van der Waals surface area contributed by atoms with E-state index in [4.69, 9.17) is 60.5 Å². The second-order valence-corrected chi connectivity index (χ2v) is 16.4. The molecule has 12 heteroatoms. The fourth-order valence-electron chi connectivity index (χ4n) is 4.57. The van der Waals surface area contributed by atoms with Crippen LogP contribution in [0, 0.1) is 0 Å². The van der Waals surface area contributed by atoms with Crippen molar-refractivity contribution in [1.29, 1.82) is 0 Å². The summed E-state index contributed by atoms with van der Waals surface area (Å²) < 4.78 is 46.2. The molecule has 0 aromatic rings. The molecule has 0 rings (SSSR count). The van der Waals surface area contributed by atoms with Gasteiger partial charge in [0, 0.05) is 59.5 Å². The first-order valence-electron chi connectivity index (χ1n) is 16.2. The lowest BCUT2D eigenvalue weighted by Crippen LogP contribution is -2.48. The molecular weight excluding hydrogens is 609 g/mol. The Balaban J connectivity index is 0. The Labute approximate surface area is 271 Å². The largest absolute Gasteiger partial charge is 0.504 e. The Kier molecular flexibility index (Phi) is 29.9.